The van der Waals surface area contributed by atoms with Crippen LogP contribution in [0.2, 0.25) is 0 Å². The molecule has 7 nitrogen and oxygen atoms in total. The number of carbonyl (C=O) groups excluding carboxylic acids is 2. The summed E-state index contributed by atoms with van der Waals surface area (Å²) < 4.78 is 9.68. The van der Waals surface area contributed by atoms with Gasteiger partial charge >= 0.3 is 11.9 Å². The normalized spacial score (nSPS) is 16.4. The van der Waals surface area contributed by atoms with E-state index in [0.717, 1.165) is 0 Å². The van der Waals surface area contributed by atoms with Crippen molar-refractivity contribution in [3.05, 3.63) is 34.4 Å². The van der Waals surface area contributed by atoms with E-state index >= 15 is 0 Å². The number of aliphatic hydroxyl groups is 1. The summed E-state index contributed by atoms with van der Waals surface area (Å²) in [6.45, 7) is 5.01. The van der Waals surface area contributed by atoms with Gasteiger partial charge in [-0.1, -0.05) is 0 Å². The quantitative estimate of drug-likeness (QED) is 0.455. The maximum absolute atomic E-state index is 12.0. The fourth-order valence-electron chi connectivity index (χ4n) is 1.76. The van der Waals surface area contributed by atoms with Gasteiger partial charge in [0.1, 0.15) is 6.07 Å². The minimum atomic E-state index is -0.883. The maximum atomic E-state index is 12.0. The van der Waals surface area contributed by atoms with Crippen LogP contribution in [0.3, 0.4) is 0 Å². The lowest BCUT2D eigenvalue weighted by molar-refractivity contribution is -0.138. The Morgan fingerprint density at radius 1 is 1.33 bits per heavy atom. The number of hydrogen-bond donors (Lipinski definition) is 2. The number of esters is 2. The summed E-state index contributed by atoms with van der Waals surface area (Å²) >= 11 is 0. The zero-order valence-electron chi connectivity index (χ0n) is 12.0. The predicted octanol–water partition coefficient (Wildman–Crippen LogP) is 1.21. The van der Waals surface area contributed by atoms with E-state index in [4.69, 9.17) is 14.7 Å². The third kappa shape index (κ3) is 3.63. The van der Waals surface area contributed by atoms with Gasteiger partial charge in [-0.15, -0.1) is 0 Å². The van der Waals surface area contributed by atoms with Gasteiger partial charge < -0.3 is 19.9 Å². The van der Waals surface area contributed by atoms with Crippen molar-refractivity contribution in [3.8, 4) is 6.07 Å². The largest absolute Gasteiger partial charge is 0.495 e. The number of carbonyl (C=O) groups is 2. The highest BCUT2D eigenvalue weighted by Gasteiger charge is 2.29. The first-order valence-electron chi connectivity index (χ1n) is 6.33. The van der Waals surface area contributed by atoms with E-state index in [-0.39, 0.29) is 30.4 Å². The molecule has 2 N–H and O–H groups in total. The third-order valence-corrected chi connectivity index (χ3v) is 2.57. The average Bonchev–Trinajstić information content (AvgIpc) is 2.39. The van der Waals surface area contributed by atoms with Crippen LogP contribution >= 0.6 is 0 Å². The Balaban J connectivity index is 3.44. The highest BCUT2D eigenvalue weighted by atomic mass is 16.5. The number of nitriles is 1. The molecule has 0 saturated heterocycles. The summed E-state index contributed by atoms with van der Waals surface area (Å²) in [5.41, 5.74) is -0.137. The van der Waals surface area contributed by atoms with Crippen LogP contribution in [0.5, 0.6) is 0 Å². The number of nitrogens with one attached hydrogen (secondary N) is 1. The predicted molar refractivity (Wildman–Crippen MR) is 72.5 cm³/mol. The van der Waals surface area contributed by atoms with E-state index in [1.54, 1.807) is 26.8 Å². The lowest BCUT2D eigenvalue weighted by Crippen LogP contribution is -2.28. The van der Waals surface area contributed by atoms with Crippen LogP contribution in [0.25, 0.3) is 0 Å². The lowest BCUT2D eigenvalue weighted by Gasteiger charge is -2.20. The van der Waals surface area contributed by atoms with Crippen molar-refractivity contribution in [2.75, 3.05) is 13.2 Å². The minimum Gasteiger partial charge on any atom is -0.495 e. The SMILES string of the molecule is CCOC(=O)C(C#N)=C1NC(O)=CC(C)=C1C(=O)OCC. The smallest absolute Gasteiger partial charge is 0.351 e. The molecule has 1 rings (SSSR count). The Bertz CT molecular complexity index is 593. The molecule has 21 heavy (non-hydrogen) atoms. The monoisotopic (exact) mass is 292 g/mol. The van der Waals surface area contributed by atoms with E-state index < -0.39 is 17.5 Å². The number of dihydropyridines is 1. The van der Waals surface area contributed by atoms with Gasteiger partial charge in [0.25, 0.3) is 0 Å². The van der Waals surface area contributed by atoms with E-state index in [9.17, 15) is 14.7 Å². The van der Waals surface area contributed by atoms with Crippen LogP contribution < -0.4 is 5.32 Å². The van der Waals surface area contributed by atoms with Crippen molar-refractivity contribution in [1.29, 1.82) is 5.26 Å². The van der Waals surface area contributed by atoms with E-state index in [2.05, 4.69) is 5.32 Å². The molecule has 1 heterocycles. The van der Waals surface area contributed by atoms with Gasteiger partial charge in [-0.2, -0.15) is 5.26 Å². The lowest BCUT2D eigenvalue weighted by atomic mass is 9.99. The summed E-state index contributed by atoms with van der Waals surface area (Å²) in [5, 5.41) is 21.2. The van der Waals surface area contributed by atoms with Gasteiger partial charge in [0.2, 0.25) is 0 Å². The first-order chi connectivity index (χ1) is 9.96. The molecule has 0 amide bonds. The van der Waals surface area contributed by atoms with Crippen molar-refractivity contribution >= 4 is 11.9 Å². The Hall–Kier alpha value is -2.75. The molecular weight excluding hydrogens is 276 g/mol. The fraction of sp³-hybridized carbons (Fsp3) is 0.357. The third-order valence-electron chi connectivity index (χ3n) is 2.57. The van der Waals surface area contributed by atoms with Crippen LogP contribution in [0.1, 0.15) is 20.8 Å². The summed E-state index contributed by atoms with van der Waals surface area (Å²) in [5.74, 6) is -1.86. The number of nitrogens with zero attached hydrogens (tertiary/aromatic N) is 1. The average molecular weight is 292 g/mol. The van der Waals surface area contributed by atoms with Crippen LogP contribution in [0, 0.1) is 11.3 Å². The molecule has 0 spiro atoms. The highest BCUT2D eigenvalue weighted by Crippen LogP contribution is 2.24. The van der Waals surface area contributed by atoms with Gasteiger partial charge in [0, 0.05) is 6.08 Å². The second-order valence-corrected chi connectivity index (χ2v) is 4.02. The molecule has 0 saturated carbocycles. The second-order valence-electron chi connectivity index (χ2n) is 4.02. The molecule has 1 aliphatic heterocycles. The zero-order valence-corrected chi connectivity index (χ0v) is 12.0. The standard InChI is InChI=1S/C14H16N2O5/c1-4-20-13(18)9(7-15)12-11(14(19)21-5-2)8(3)6-10(17)16-12/h6,16-17H,4-5H2,1-3H3. The summed E-state index contributed by atoms with van der Waals surface area (Å²) in [7, 11) is 0. The highest BCUT2D eigenvalue weighted by molar-refractivity contribution is 6.01. The topological polar surface area (TPSA) is 109 Å². The summed E-state index contributed by atoms with van der Waals surface area (Å²) in [6.07, 6.45) is 1.30. The Kier molecular flexibility index (Phi) is 5.55. The van der Waals surface area contributed by atoms with Gasteiger partial charge in [-0.25, -0.2) is 9.59 Å². The molecule has 0 bridgehead atoms. The number of aliphatic hydroxyl groups excluding tert-OH is 1. The van der Waals surface area contributed by atoms with Crippen molar-refractivity contribution in [1.82, 2.24) is 5.32 Å². The first kappa shape index (κ1) is 16.3. The summed E-state index contributed by atoms with van der Waals surface area (Å²) in [4.78, 5) is 23.8. The number of ether oxygens (including phenoxy) is 2. The molecule has 0 aromatic rings. The van der Waals surface area contributed by atoms with E-state index in [1.165, 1.54) is 6.08 Å². The Morgan fingerprint density at radius 2 is 1.95 bits per heavy atom. The molecule has 7 heteroatoms. The van der Waals surface area contributed by atoms with Crippen LogP contribution in [-0.4, -0.2) is 30.3 Å². The minimum absolute atomic E-state index is 0.0132. The first-order valence-corrected chi connectivity index (χ1v) is 6.33. The van der Waals surface area contributed by atoms with Crippen molar-refractivity contribution in [2.45, 2.75) is 20.8 Å². The van der Waals surface area contributed by atoms with Crippen LogP contribution in [0.15, 0.2) is 34.4 Å². The molecular formula is C14H16N2O5. The van der Waals surface area contributed by atoms with Crippen LogP contribution in [0.4, 0.5) is 0 Å². The molecule has 1 aliphatic rings. The van der Waals surface area contributed by atoms with Crippen molar-refractivity contribution in [3.63, 3.8) is 0 Å². The van der Waals surface area contributed by atoms with Gasteiger partial charge in [0.15, 0.2) is 11.5 Å². The molecule has 0 aromatic heterocycles. The van der Waals surface area contributed by atoms with E-state index in [1.807, 2.05) is 0 Å². The zero-order chi connectivity index (χ0) is 16.0. The number of rotatable bonds is 4. The molecule has 0 aliphatic carbocycles. The molecule has 0 unspecified atom stereocenters. The van der Waals surface area contributed by atoms with E-state index in [0.29, 0.717) is 5.57 Å². The van der Waals surface area contributed by atoms with Crippen LogP contribution in [-0.2, 0) is 19.1 Å². The maximum Gasteiger partial charge on any atom is 0.351 e. The fourth-order valence-corrected chi connectivity index (χ4v) is 1.76. The second kappa shape index (κ2) is 7.14. The van der Waals surface area contributed by atoms with Crippen molar-refractivity contribution in [2.24, 2.45) is 0 Å². The van der Waals surface area contributed by atoms with Gasteiger partial charge in [-0.05, 0) is 26.3 Å². The molecule has 0 radical (unpaired) electrons. The number of hydrogen-bond acceptors (Lipinski definition) is 7. The molecule has 112 valence electrons. The van der Waals surface area contributed by atoms with Crippen molar-refractivity contribution < 1.29 is 24.2 Å². The molecule has 0 fully saturated rings. The molecule has 0 atom stereocenters. The summed E-state index contributed by atoms with van der Waals surface area (Å²) in [6, 6.07) is 1.69. The van der Waals surface area contributed by atoms with Gasteiger partial charge in [-0.3, -0.25) is 0 Å². The van der Waals surface area contributed by atoms with Gasteiger partial charge in [0.05, 0.1) is 24.5 Å². The Morgan fingerprint density at radius 3 is 2.48 bits per heavy atom. The number of allylic oxidation sites excluding steroid dienone is 2. The molecule has 0 aromatic carbocycles. The Labute approximate surface area is 122 Å².